The van der Waals surface area contributed by atoms with E-state index in [1.54, 1.807) is 33.9 Å². The average molecular weight is 392 g/mol. The topological polar surface area (TPSA) is 56.0 Å². The number of hydrogen-bond acceptors (Lipinski definition) is 4. The smallest absolute Gasteiger partial charge is 0.295 e. The molecular weight excluding hydrogens is 373 g/mol. The zero-order valence-electron chi connectivity index (χ0n) is 14.4. The summed E-state index contributed by atoms with van der Waals surface area (Å²) in [5.41, 5.74) is 1.03. The van der Waals surface area contributed by atoms with Crippen molar-refractivity contribution in [3.8, 4) is 5.69 Å². The first kappa shape index (κ1) is 17.5. The van der Waals surface area contributed by atoms with Crippen LogP contribution in [0.1, 0.15) is 25.8 Å². The van der Waals surface area contributed by atoms with Gasteiger partial charge < -0.3 is 4.90 Å². The van der Waals surface area contributed by atoms with Crippen LogP contribution in [0.3, 0.4) is 0 Å². The number of fused-ring (bicyclic) bond motifs is 1. The van der Waals surface area contributed by atoms with Crippen LogP contribution < -0.4 is 5.56 Å². The highest BCUT2D eigenvalue weighted by Crippen LogP contribution is 2.25. The van der Waals surface area contributed by atoms with Gasteiger partial charge >= 0.3 is 0 Å². The van der Waals surface area contributed by atoms with Gasteiger partial charge in [0, 0.05) is 24.7 Å². The summed E-state index contributed by atoms with van der Waals surface area (Å²) in [4.78, 5) is 15.3. The van der Waals surface area contributed by atoms with Crippen molar-refractivity contribution >= 4 is 34.1 Å². The molecular formula is C18H19Cl2N5O. The van der Waals surface area contributed by atoms with Gasteiger partial charge in [-0.15, -0.1) is 0 Å². The summed E-state index contributed by atoms with van der Waals surface area (Å²) in [5.74, 6) is 0. The summed E-state index contributed by atoms with van der Waals surface area (Å²) in [6.07, 6.45) is 5.36. The fraction of sp³-hybridized carbons (Fsp3) is 0.389. The highest BCUT2D eigenvalue weighted by molar-refractivity contribution is 6.42. The molecule has 6 nitrogen and oxygen atoms in total. The number of piperidine rings is 1. The highest BCUT2D eigenvalue weighted by atomic mass is 35.5. The minimum absolute atomic E-state index is 0.129. The third-order valence-electron chi connectivity index (χ3n) is 4.99. The van der Waals surface area contributed by atoms with Crippen molar-refractivity contribution in [1.82, 2.24) is 24.5 Å². The summed E-state index contributed by atoms with van der Waals surface area (Å²) in [5, 5.41) is 10.5. The van der Waals surface area contributed by atoms with E-state index in [9.17, 15) is 4.79 Å². The second kappa shape index (κ2) is 7.02. The molecule has 0 spiro atoms. The maximum absolute atomic E-state index is 12.9. The maximum atomic E-state index is 12.9. The van der Waals surface area contributed by atoms with E-state index in [1.165, 1.54) is 0 Å². The van der Waals surface area contributed by atoms with E-state index in [1.807, 2.05) is 6.07 Å². The number of aromatic nitrogens is 4. The summed E-state index contributed by atoms with van der Waals surface area (Å²) in [6, 6.07) is 5.38. The number of benzene rings is 1. The molecule has 3 heterocycles. The molecule has 1 fully saturated rings. The van der Waals surface area contributed by atoms with Gasteiger partial charge in [-0.1, -0.05) is 30.1 Å². The summed E-state index contributed by atoms with van der Waals surface area (Å²) in [6.45, 7) is 5.19. The van der Waals surface area contributed by atoms with Crippen LogP contribution in [0.15, 0.2) is 35.4 Å². The lowest BCUT2D eigenvalue weighted by molar-refractivity contribution is 0.184. The molecule has 1 aliphatic rings. The first-order chi connectivity index (χ1) is 12.6. The molecule has 0 atom stereocenters. The second-order valence-electron chi connectivity index (χ2n) is 6.54. The van der Waals surface area contributed by atoms with Gasteiger partial charge in [-0.25, -0.2) is 9.36 Å². The molecule has 2 aromatic heterocycles. The molecule has 8 heteroatoms. The standard InChI is InChI=1S/C18H19Cl2N5O/c1-2-23-7-5-13(6-8-23)25-18(26)17-12(10-21-25)11-24(22-17)14-3-4-15(19)16(20)9-14/h3-4,9-11,13H,2,5-8H2,1H3. The van der Waals surface area contributed by atoms with Crippen molar-refractivity contribution in [3.05, 3.63) is 51.0 Å². The molecule has 0 radical (unpaired) electrons. The Balaban J connectivity index is 1.70. The SMILES string of the molecule is CCN1CCC(n2ncc3cn(-c4ccc(Cl)c(Cl)c4)nc3c2=O)CC1. The van der Waals surface area contributed by atoms with Gasteiger partial charge in [-0.3, -0.25) is 4.79 Å². The first-order valence-electron chi connectivity index (χ1n) is 8.72. The van der Waals surface area contributed by atoms with Crippen LogP contribution in [0, 0.1) is 0 Å². The van der Waals surface area contributed by atoms with Crippen molar-refractivity contribution < 1.29 is 0 Å². The van der Waals surface area contributed by atoms with E-state index in [0.717, 1.165) is 38.2 Å². The van der Waals surface area contributed by atoms with Gasteiger partial charge in [0.15, 0.2) is 5.52 Å². The molecule has 1 aromatic carbocycles. The van der Waals surface area contributed by atoms with Crippen LogP contribution in [0.5, 0.6) is 0 Å². The number of likely N-dealkylation sites (tertiary alicyclic amines) is 1. The molecule has 0 saturated carbocycles. The summed E-state index contributed by atoms with van der Waals surface area (Å²) < 4.78 is 3.24. The molecule has 0 aliphatic carbocycles. The van der Waals surface area contributed by atoms with E-state index < -0.39 is 0 Å². The predicted octanol–water partition coefficient (Wildman–Crippen LogP) is 3.55. The van der Waals surface area contributed by atoms with Crippen LogP contribution >= 0.6 is 23.2 Å². The Morgan fingerprint density at radius 3 is 2.65 bits per heavy atom. The molecule has 0 amide bonds. The monoisotopic (exact) mass is 391 g/mol. The third-order valence-corrected chi connectivity index (χ3v) is 5.73. The van der Waals surface area contributed by atoms with Crippen molar-refractivity contribution in [2.45, 2.75) is 25.8 Å². The van der Waals surface area contributed by atoms with E-state index >= 15 is 0 Å². The Hall–Kier alpha value is -1.89. The van der Waals surface area contributed by atoms with E-state index in [0.29, 0.717) is 20.9 Å². The fourth-order valence-corrected chi connectivity index (χ4v) is 3.73. The summed E-state index contributed by atoms with van der Waals surface area (Å²) in [7, 11) is 0. The van der Waals surface area contributed by atoms with Crippen molar-refractivity contribution in [3.63, 3.8) is 0 Å². The number of nitrogens with zero attached hydrogens (tertiary/aromatic N) is 5. The van der Waals surface area contributed by atoms with Crippen LogP contribution in [0.4, 0.5) is 0 Å². The first-order valence-corrected chi connectivity index (χ1v) is 9.47. The Labute approximate surface area is 160 Å². The molecule has 3 aromatic rings. The minimum atomic E-state index is -0.142. The molecule has 136 valence electrons. The highest BCUT2D eigenvalue weighted by Gasteiger charge is 2.22. The van der Waals surface area contributed by atoms with Crippen molar-refractivity contribution in [2.75, 3.05) is 19.6 Å². The van der Waals surface area contributed by atoms with Gasteiger partial charge in [0.1, 0.15) is 0 Å². The number of halogens is 2. The molecule has 0 N–H and O–H groups in total. The third kappa shape index (κ3) is 3.13. The van der Waals surface area contributed by atoms with Gasteiger partial charge in [0.05, 0.1) is 28.0 Å². The largest absolute Gasteiger partial charge is 0.303 e. The molecule has 26 heavy (non-hydrogen) atoms. The minimum Gasteiger partial charge on any atom is -0.303 e. The Kier molecular flexibility index (Phi) is 4.73. The Morgan fingerprint density at radius 2 is 1.96 bits per heavy atom. The van der Waals surface area contributed by atoms with Crippen LogP contribution in [0.25, 0.3) is 16.6 Å². The molecule has 1 aliphatic heterocycles. The van der Waals surface area contributed by atoms with Crippen LogP contribution in [-0.2, 0) is 0 Å². The normalized spacial score (nSPS) is 16.4. The lowest BCUT2D eigenvalue weighted by Crippen LogP contribution is -2.38. The molecule has 4 rings (SSSR count). The molecule has 1 saturated heterocycles. The van der Waals surface area contributed by atoms with E-state index in [2.05, 4.69) is 22.0 Å². The maximum Gasteiger partial charge on any atom is 0.295 e. The van der Waals surface area contributed by atoms with E-state index in [4.69, 9.17) is 23.2 Å². The number of rotatable bonds is 3. The lowest BCUT2D eigenvalue weighted by Gasteiger charge is -2.31. The Morgan fingerprint density at radius 1 is 1.19 bits per heavy atom. The predicted molar refractivity (Wildman–Crippen MR) is 104 cm³/mol. The fourth-order valence-electron chi connectivity index (χ4n) is 3.43. The molecule has 0 bridgehead atoms. The van der Waals surface area contributed by atoms with Gasteiger partial charge in [0.2, 0.25) is 0 Å². The van der Waals surface area contributed by atoms with Crippen molar-refractivity contribution in [2.24, 2.45) is 0 Å². The van der Waals surface area contributed by atoms with Crippen molar-refractivity contribution in [1.29, 1.82) is 0 Å². The summed E-state index contributed by atoms with van der Waals surface area (Å²) >= 11 is 12.1. The molecule has 0 unspecified atom stereocenters. The van der Waals surface area contributed by atoms with Crippen LogP contribution in [-0.4, -0.2) is 44.1 Å². The lowest BCUT2D eigenvalue weighted by atomic mass is 10.1. The zero-order chi connectivity index (χ0) is 18.3. The van der Waals surface area contributed by atoms with Crippen LogP contribution in [0.2, 0.25) is 10.0 Å². The zero-order valence-corrected chi connectivity index (χ0v) is 15.9. The van der Waals surface area contributed by atoms with Gasteiger partial charge in [-0.2, -0.15) is 10.2 Å². The van der Waals surface area contributed by atoms with Gasteiger partial charge in [-0.05, 0) is 37.6 Å². The average Bonchev–Trinajstić information content (AvgIpc) is 3.10. The second-order valence-corrected chi connectivity index (χ2v) is 7.35. The quantitative estimate of drug-likeness (QED) is 0.684. The Bertz CT molecular complexity index is 1000. The van der Waals surface area contributed by atoms with E-state index in [-0.39, 0.29) is 11.6 Å². The van der Waals surface area contributed by atoms with Gasteiger partial charge in [0.25, 0.3) is 5.56 Å². The number of hydrogen-bond donors (Lipinski definition) is 0.